The minimum absolute atomic E-state index is 0.216. The smallest absolute Gasteiger partial charge is 0.241 e. The summed E-state index contributed by atoms with van der Waals surface area (Å²) >= 11 is 0. The van der Waals surface area contributed by atoms with E-state index in [2.05, 4.69) is 24.0 Å². The molecule has 1 fully saturated rings. The summed E-state index contributed by atoms with van der Waals surface area (Å²) in [7, 11) is 0. The zero-order chi connectivity index (χ0) is 14.8. The summed E-state index contributed by atoms with van der Waals surface area (Å²) in [4.78, 5) is 16.9. The quantitative estimate of drug-likeness (QED) is 0.919. The number of benzene rings is 1. The number of likely N-dealkylation sites (tertiary alicyclic amines) is 1. The summed E-state index contributed by atoms with van der Waals surface area (Å²) in [6, 6.07) is 8.58. The average molecular weight is 287 g/mol. The molecule has 2 heterocycles. The second-order valence-corrected chi connectivity index (χ2v) is 6.41. The Morgan fingerprint density at radius 1 is 1.33 bits per heavy atom. The van der Waals surface area contributed by atoms with E-state index in [4.69, 9.17) is 5.73 Å². The number of carbonyl (C=O) groups excluding carboxylic acids is 1. The van der Waals surface area contributed by atoms with Gasteiger partial charge in [-0.2, -0.15) is 0 Å². The molecular weight excluding hydrogens is 262 g/mol. The predicted molar refractivity (Wildman–Crippen MR) is 85.3 cm³/mol. The number of hydrogen-bond acceptors (Lipinski definition) is 3. The second kappa shape index (κ2) is 6.16. The Morgan fingerprint density at radius 2 is 2.14 bits per heavy atom. The first-order valence-corrected chi connectivity index (χ1v) is 8.01. The van der Waals surface area contributed by atoms with Gasteiger partial charge in [0.2, 0.25) is 5.91 Å². The molecule has 0 bridgehead atoms. The molecule has 2 aliphatic rings. The molecule has 2 aliphatic heterocycles. The third-order valence-electron chi connectivity index (χ3n) is 4.90. The fourth-order valence-corrected chi connectivity index (χ4v) is 3.61. The van der Waals surface area contributed by atoms with Crippen molar-refractivity contribution in [3.05, 3.63) is 29.8 Å². The number of nitrogens with two attached hydrogens (primary N) is 1. The Morgan fingerprint density at radius 3 is 2.95 bits per heavy atom. The maximum Gasteiger partial charge on any atom is 0.241 e. The Balaban J connectivity index is 1.67. The molecule has 0 aromatic heterocycles. The maximum atomic E-state index is 12.7. The third-order valence-corrected chi connectivity index (χ3v) is 4.90. The number of rotatable bonds is 3. The molecule has 21 heavy (non-hydrogen) atoms. The molecule has 1 saturated heterocycles. The molecule has 1 aromatic carbocycles. The lowest BCUT2D eigenvalue weighted by atomic mass is 9.92. The van der Waals surface area contributed by atoms with E-state index in [1.807, 2.05) is 17.0 Å². The van der Waals surface area contributed by atoms with Crippen LogP contribution in [0.5, 0.6) is 0 Å². The number of carbonyl (C=O) groups is 1. The normalized spacial score (nSPS) is 25.9. The Bertz CT molecular complexity index is 517. The predicted octanol–water partition coefficient (Wildman–Crippen LogP) is 1.63. The zero-order valence-electron chi connectivity index (χ0n) is 12.8. The number of piperidine rings is 1. The standard InChI is InChI=1S/C17H25N3O/c1-13-6-8-19(15(10-13)11-18)12-17(21)20-9-7-14-4-2-3-5-16(14)20/h2-5,13,15H,6-12,18H2,1H3. The van der Waals surface area contributed by atoms with Crippen molar-refractivity contribution in [1.82, 2.24) is 4.90 Å². The van der Waals surface area contributed by atoms with E-state index in [-0.39, 0.29) is 5.91 Å². The second-order valence-electron chi connectivity index (χ2n) is 6.41. The van der Waals surface area contributed by atoms with Crippen molar-refractivity contribution < 1.29 is 4.79 Å². The molecule has 1 aromatic rings. The first-order chi connectivity index (χ1) is 10.2. The molecule has 2 N–H and O–H groups in total. The van der Waals surface area contributed by atoms with E-state index in [1.165, 1.54) is 12.0 Å². The van der Waals surface area contributed by atoms with E-state index in [1.54, 1.807) is 0 Å². The molecule has 114 valence electrons. The maximum absolute atomic E-state index is 12.7. The molecule has 0 aliphatic carbocycles. The summed E-state index contributed by atoms with van der Waals surface area (Å²) in [5.41, 5.74) is 8.28. The highest BCUT2D eigenvalue weighted by molar-refractivity contribution is 5.96. The van der Waals surface area contributed by atoms with Crippen LogP contribution in [0.3, 0.4) is 0 Å². The van der Waals surface area contributed by atoms with E-state index >= 15 is 0 Å². The van der Waals surface area contributed by atoms with Gasteiger partial charge in [0.15, 0.2) is 0 Å². The average Bonchev–Trinajstić information content (AvgIpc) is 2.93. The van der Waals surface area contributed by atoms with Crippen LogP contribution >= 0.6 is 0 Å². The minimum atomic E-state index is 0.216. The SMILES string of the molecule is CC1CCN(CC(=O)N2CCc3ccccc32)C(CN)C1. The lowest BCUT2D eigenvalue weighted by molar-refractivity contribution is -0.120. The van der Waals surface area contributed by atoms with Crippen LogP contribution in [0.1, 0.15) is 25.3 Å². The highest BCUT2D eigenvalue weighted by atomic mass is 16.2. The molecule has 4 nitrogen and oxygen atoms in total. The van der Waals surface area contributed by atoms with Crippen LogP contribution < -0.4 is 10.6 Å². The fraction of sp³-hybridized carbons (Fsp3) is 0.588. The Labute approximate surface area is 126 Å². The fourth-order valence-electron chi connectivity index (χ4n) is 3.61. The van der Waals surface area contributed by atoms with Crippen LogP contribution in [0.4, 0.5) is 5.69 Å². The van der Waals surface area contributed by atoms with Crippen LogP contribution in [0.15, 0.2) is 24.3 Å². The molecule has 2 unspecified atom stereocenters. The molecule has 0 spiro atoms. The number of amides is 1. The molecular formula is C17H25N3O. The van der Waals surface area contributed by atoms with Crippen molar-refractivity contribution in [3.8, 4) is 0 Å². The van der Waals surface area contributed by atoms with Gasteiger partial charge in [0.05, 0.1) is 6.54 Å². The van der Waals surface area contributed by atoms with Crippen molar-refractivity contribution in [3.63, 3.8) is 0 Å². The number of nitrogens with zero attached hydrogens (tertiary/aromatic N) is 2. The highest BCUT2D eigenvalue weighted by Crippen LogP contribution is 2.28. The molecule has 1 amide bonds. The largest absolute Gasteiger partial charge is 0.329 e. The van der Waals surface area contributed by atoms with Crippen LogP contribution in [-0.2, 0) is 11.2 Å². The van der Waals surface area contributed by atoms with Crippen LogP contribution in [-0.4, -0.2) is 43.0 Å². The van der Waals surface area contributed by atoms with Crippen LogP contribution in [0.2, 0.25) is 0 Å². The van der Waals surface area contributed by atoms with E-state index in [9.17, 15) is 4.79 Å². The highest BCUT2D eigenvalue weighted by Gasteiger charge is 2.30. The van der Waals surface area contributed by atoms with Gasteiger partial charge in [-0.05, 0) is 43.4 Å². The Kier molecular flexibility index (Phi) is 4.27. The van der Waals surface area contributed by atoms with E-state index < -0.39 is 0 Å². The van der Waals surface area contributed by atoms with Crippen molar-refractivity contribution in [2.45, 2.75) is 32.2 Å². The molecule has 0 saturated carbocycles. The zero-order valence-corrected chi connectivity index (χ0v) is 12.8. The topological polar surface area (TPSA) is 49.6 Å². The van der Waals surface area contributed by atoms with Crippen molar-refractivity contribution in [1.29, 1.82) is 0 Å². The molecule has 0 radical (unpaired) electrons. The number of anilines is 1. The monoisotopic (exact) mass is 287 g/mol. The lowest BCUT2D eigenvalue weighted by Crippen LogP contribution is -2.50. The summed E-state index contributed by atoms with van der Waals surface area (Å²) in [6.07, 6.45) is 3.25. The summed E-state index contributed by atoms with van der Waals surface area (Å²) in [6.45, 7) is 5.23. The van der Waals surface area contributed by atoms with Gasteiger partial charge in [0.1, 0.15) is 0 Å². The van der Waals surface area contributed by atoms with E-state index in [0.717, 1.165) is 37.5 Å². The number of fused-ring (bicyclic) bond motifs is 1. The van der Waals surface area contributed by atoms with Gasteiger partial charge in [-0.25, -0.2) is 0 Å². The first-order valence-electron chi connectivity index (χ1n) is 8.01. The van der Waals surface area contributed by atoms with Gasteiger partial charge < -0.3 is 10.6 Å². The summed E-state index contributed by atoms with van der Waals surface area (Å²) < 4.78 is 0. The Hall–Kier alpha value is -1.39. The molecule has 4 heteroatoms. The molecule has 3 rings (SSSR count). The van der Waals surface area contributed by atoms with E-state index in [0.29, 0.717) is 19.1 Å². The van der Waals surface area contributed by atoms with Gasteiger partial charge in [0, 0.05) is 24.8 Å². The van der Waals surface area contributed by atoms with Crippen molar-refractivity contribution >= 4 is 11.6 Å². The third kappa shape index (κ3) is 2.97. The first kappa shape index (κ1) is 14.5. The van der Waals surface area contributed by atoms with Crippen LogP contribution in [0, 0.1) is 5.92 Å². The van der Waals surface area contributed by atoms with Gasteiger partial charge in [-0.1, -0.05) is 25.1 Å². The minimum Gasteiger partial charge on any atom is -0.329 e. The number of hydrogen-bond donors (Lipinski definition) is 1. The van der Waals surface area contributed by atoms with Gasteiger partial charge >= 0.3 is 0 Å². The van der Waals surface area contributed by atoms with Gasteiger partial charge in [-0.3, -0.25) is 9.69 Å². The van der Waals surface area contributed by atoms with Gasteiger partial charge in [0.25, 0.3) is 0 Å². The van der Waals surface area contributed by atoms with Crippen LogP contribution in [0.25, 0.3) is 0 Å². The van der Waals surface area contributed by atoms with Crippen molar-refractivity contribution in [2.24, 2.45) is 11.7 Å². The molecule has 2 atom stereocenters. The number of para-hydroxylation sites is 1. The lowest BCUT2D eigenvalue weighted by Gasteiger charge is -2.38. The summed E-state index contributed by atoms with van der Waals surface area (Å²) in [5.74, 6) is 0.936. The summed E-state index contributed by atoms with van der Waals surface area (Å²) in [5, 5.41) is 0. The van der Waals surface area contributed by atoms with Gasteiger partial charge in [-0.15, -0.1) is 0 Å². The van der Waals surface area contributed by atoms with Crippen molar-refractivity contribution in [2.75, 3.05) is 31.1 Å².